The summed E-state index contributed by atoms with van der Waals surface area (Å²) in [6.07, 6.45) is 7.20. The SMILES string of the molecule is O=C(CCCCCl)Nc1cccnc1-n1cccn1. The molecule has 0 aliphatic carbocycles. The van der Waals surface area contributed by atoms with Crippen LogP contribution in [0.1, 0.15) is 19.3 Å². The largest absolute Gasteiger partial charge is 0.323 e. The molecule has 0 aliphatic heterocycles. The number of carbonyl (C=O) groups excluding carboxylic acids is 1. The number of unbranched alkanes of at least 4 members (excludes halogenated alkanes) is 1. The van der Waals surface area contributed by atoms with Crippen LogP contribution in [0.15, 0.2) is 36.8 Å². The molecule has 0 spiro atoms. The lowest BCUT2D eigenvalue weighted by Crippen LogP contribution is -2.14. The van der Waals surface area contributed by atoms with Crippen molar-refractivity contribution in [1.29, 1.82) is 0 Å². The minimum absolute atomic E-state index is 0.0356. The van der Waals surface area contributed by atoms with Crippen LogP contribution >= 0.6 is 11.6 Å². The van der Waals surface area contributed by atoms with E-state index in [2.05, 4.69) is 15.4 Å². The fraction of sp³-hybridized carbons (Fsp3) is 0.308. The number of alkyl halides is 1. The third-order valence-electron chi connectivity index (χ3n) is 2.57. The lowest BCUT2D eigenvalue weighted by Gasteiger charge is -2.09. The number of carbonyl (C=O) groups is 1. The molecule has 0 aliphatic rings. The van der Waals surface area contributed by atoms with Crippen molar-refractivity contribution in [3.63, 3.8) is 0 Å². The molecule has 0 atom stereocenters. The molecule has 1 amide bonds. The molecule has 0 bridgehead atoms. The highest BCUT2D eigenvalue weighted by atomic mass is 35.5. The Morgan fingerprint density at radius 3 is 2.95 bits per heavy atom. The zero-order valence-corrected chi connectivity index (χ0v) is 11.2. The van der Waals surface area contributed by atoms with Crippen LogP contribution in [0.5, 0.6) is 0 Å². The normalized spacial score (nSPS) is 10.4. The van der Waals surface area contributed by atoms with Gasteiger partial charge in [-0.2, -0.15) is 5.10 Å². The van der Waals surface area contributed by atoms with Crippen molar-refractivity contribution in [1.82, 2.24) is 14.8 Å². The van der Waals surface area contributed by atoms with Gasteiger partial charge < -0.3 is 5.32 Å². The van der Waals surface area contributed by atoms with Gasteiger partial charge in [0, 0.05) is 30.9 Å². The zero-order valence-electron chi connectivity index (χ0n) is 10.4. The first kappa shape index (κ1) is 13.5. The van der Waals surface area contributed by atoms with E-state index in [1.165, 1.54) is 0 Å². The van der Waals surface area contributed by atoms with E-state index in [4.69, 9.17) is 11.6 Å². The number of nitrogens with zero attached hydrogens (tertiary/aromatic N) is 3. The molecule has 100 valence electrons. The highest BCUT2D eigenvalue weighted by Crippen LogP contribution is 2.16. The molecular formula is C13H15ClN4O. The summed E-state index contributed by atoms with van der Waals surface area (Å²) in [5.41, 5.74) is 0.655. The molecule has 6 heteroatoms. The molecule has 0 unspecified atom stereocenters. The zero-order chi connectivity index (χ0) is 13.5. The maximum atomic E-state index is 11.8. The van der Waals surface area contributed by atoms with Crippen molar-refractivity contribution in [2.45, 2.75) is 19.3 Å². The number of halogens is 1. The predicted molar refractivity (Wildman–Crippen MR) is 74.6 cm³/mol. The number of hydrogen-bond donors (Lipinski definition) is 1. The molecule has 2 heterocycles. The molecule has 2 aromatic heterocycles. The third kappa shape index (κ3) is 3.79. The van der Waals surface area contributed by atoms with Crippen LogP contribution in [0.25, 0.3) is 5.82 Å². The Hall–Kier alpha value is -1.88. The van der Waals surface area contributed by atoms with Crippen molar-refractivity contribution in [2.75, 3.05) is 11.2 Å². The second kappa shape index (κ2) is 6.89. The Morgan fingerprint density at radius 2 is 2.21 bits per heavy atom. The molecular weight excluding hydrogens is 264 g/mol. The molecule has 0 saturated heterocycles. The highest BCUT2D eigenvalue weighted by Gasteiger charge is 2.09. The first-order valence-electron chi connectivity index (χ1n) is 6.12. The topological polar surface area (TPSA) is 59.8 Å². The van der Waals surface area contributed by atoms with Gasteiger partial charge in [0.15, 0.2) is 5.82 Å². The highest BCUT2D eigenvalue weighted by molar-refractivity contribution is 6.17. The van der Waals surface area contributed by atoms with Gasteiger partial charge in [0.1, 0.15) is 0 Å². The lowest BCUT2D eigenvalue weighted by molar-refractivity contribution is -0.116. The molecule has 2 aromatic rings. The minimum Gasteiger partial charge on any atom is -0.323 e. The molecule has 0 aromatic carbocycles. The second-order valence-electron chi connectivity index (χ2n) is 4.02. The molecule has 0 saturated carbocycles. The number of nitrogens with one attached hydrogen (secondary N) is 1. The van der Waals surface area contributed by atoms with Crippen LogP contribution < -0.4 is 5.32 Å². The Morgan fingerprint density at radius 1 is 1.32 bits per heavy atom. The van der Waals surface area contributed by atoms with Gasteiger partial charge in [-0.1, -0.05) is 0 Å². The number of hydrogen-bond acceptors (Lipinski definition) is 3. The van der Waals surface area contributed by atoms with Crippen LogP contribution in [0.2, 0.25) is 0 Å². The van der Waals surface area contributed by atoms with Gasteiger partial charge in [0.2, 0.25) is 5.91 Å². The van der Waals surface area contributed by atoms with Gasteiger partial charge in [0.25, 0.3) is 0 Å². The van der Waals surface area contributed by atoms with E-state index in [-0.39, 0.29) is 5.91 Å². The molecule has 0 radical (unpaired) electrons. The van der Waals surface area contributed by atoms with Gasteiger partial charge in [-0.05, 0) is 31.0 Å². The van der Waals surface area contributed by atoms with Crippen molar-refractivity contribution in [3.05, 3.63) is 36.8 Å². The molecule has 19 heavy (non-hydrogen) atoms. The molecule has 2 rings (SSSR count). The standard InChI is InChI=1S/C13H15ClN4O/c14-7-2-1-6-12(19)17-11-5-3-8-15-13(11)18-10-4-9-16-18/h3-5,8-10H,1-2,6-7H2,(H,17,19). The first-order chi connectivity index (χ1) is 9.31. The summed E-state index contributed by atoms with van der Waals surface area (Å²) in [5.74, 6) is 1.16. The fourth-order valence-electron chi connectivity index (χ4n) is 1.66. The van der Waals surface area contributed by atoms with E-state index < -0.39 is 0 Å². The fourth-order valence-corrected chi connectivity index (χ4v) is 1.85. The number of anilines is 1. The average molecular weight is 279 g/mol. The maximum Gasteiger partial charge on any atom is 0.224 e. The van der Waals surface area contributed by atoms with E-state index >= 15 is 0 Å². The second-order valence-corrected chi connectivity index (χ2v) is 4.40. The summed E-state index contributed by atoms with van der Waals surface area (Å²) < 4.78 is 1.62. The van der Waals surface area contributed by atoms with E-state index in [0.29, 0.717) is 23.8 Å². The number of amides is 1. The van der Waals surface area contributed by atoms with E-state index in [1.54, 1.807) is 35.4 Å². The summed E-state index contributed by atoms with van der Waals surface area (Å²) in [6, 6.07) is 5.39. The van der Waals surface area contributed by atoms with Gasteiger partial charge in [0.05, 0.1) is 5.69 Å². The van der Waals surface area contributed by atoms with Gasteiger partial charge in [-0.25, -0.2) is 9.67 Å². The molecule has 0 fully saturated rings. The number of pyridine rings is 1. The summed E-state index contributed by atoms with van der Waals surface area (Å²) in [6.45, 7) is 0. The average Bonchev–Trinajstić information content (AvgIpc) is 2.93. The van der Waals surface area contributed by atoms with E-state index in [0.717, 1.165) is 12.8 Å². The van der Waals surface area contributed by atoms with Gasteiger partial charge >= 0.3 is 0 Å². The summed E-state index contributed by atoms with van der Waals surface area (Å²) in [7, 11) is 0. The van der Waals surface area contributed by atoms with Gasteiger partial charge in [-0.3, -0.25) is 4.79 Å². The monoisotopic (exact) mass is 278 g/mol. The Kier molecular flexibility index (Phi) is 4.92. The minimum atomic E-state index is -0.0356. The number of rotatable bonds is 6. The lowest BCUT2D eigenvalue weighted by atomic mass is 10.2. The van der Waals surface area contributed by atoms with Crippen LogP contribution in [-0.4, -0.2) is 26.6 Å². The predicted octanol–water partition coefficient (Wildman–Crippen LogP) is 2.61. The van der Waals surface area contributed by atoms with E-state index in [1.807, 2.05) is 6.07 Å². The smallest absolute Gasteiger partial charge is 0.224 e. The van der Waals surface area contributed by atoms with Crippen LogP contribution in [0.3, 0.4) is 0 Å². The Bertz CT molecular complexity index is 527. The van der Waals surface area contributed by atoms with Crippen LogP contribution in [0, 0.1) is 0 Å². The van der Waals surface area contributed by atoms with Crippen molar-refractivity contribution in [2.24, 2.45) is 0 Å². The van der Waals surface area contributed by atoms with Crippen molar-refractivity contribution >= 4 is 23.2 Å². The van der Waals surface area contributed by atoms with Crippen LogP contribution in [-0.2, 0) is 4.79 Å². The van der Waals surface area contributed by atoms with Gasteiger partial charge in [-0.15, -0.1) is 11.6 Å². The molecule has 1 N–H and O–H groups in total. The summed E-state index contributed by atoms with van der Waals surface area (Å²) >= 11 is 5.58. The van der Waals surface area contributed by atoms with Crippen LogP contribution in [0.4, 0.5) is 5.69 Å². The Balaban J connectivity index is 2.06. The van der Waals surface area contributed by atoms with E-state index in [9.17, 15) is 4.79 Å². The quantitative estimate of drug-likeness (QED) is 0.653. The summed E-state index contributed by atoms with van der Waals surface area (Å²) in [4.78, 5) is 16.0. The molecule has 5 nitrogen and oxygen atoms in total. The maximum absolute atomic E-state index is 11.8. The Labute approximate surface area is 116 Å². The third-order valence-corrected chi connectivity index (χ3v) is 2.84. The first-order valence-corrected chi connectivity index (χ1v) is 6.65. The van der Waals surface area contributed by atoms with Crippen molar-refractivity contribution in [3.8, 4) is 5.82 Å². The number of aromatic nitrogens is 3. The summed E-state index contributed by atoms with van der Waals surface area (Å²) in [5, 5.41) is 6.97. The van der Waals surface area contributed by atoms with Crippen molar-refractivity contribution < 1.29 is 4.79 Å².